The molecule has 1 aliphatic heterocycles. The van der Waals surface area contributed by atoms with Gasteiger partial charge < -0.3 is 30.7 Å². The molecular formula is C46H60N8O6. The molecule has 0 bridgehead atoms. The first-order valence-electron chi connectivity index (χ1n) is 20.4. The number of hydrogen-bond acceptors (Lipinski definition) is 9. The van der Waals surface area contributed by atoms with Crippen molar-refractivity contribution >= 4 is 23.9 Å². The maximum atomic E-state index is 14.7. The molecule has 5 N–H and O–H groups in total. The zero-order valence-electron chi connectivity index (χ0n) is 35.8. The van der Waals surface area contributed by atoms with Gasteiger partial charge in [-0.2, -0.15) is 0 Å². The number of pyridine rings is 2. The third kappa shape index (κ3) is 13.1. The van der Waals surface area contributed by atoms with Crippen molar-refractivity contribution in [2.45, 2.75) is 85.7 Å². The van der Waals surface area contributed by atoms with E-state index in [-0.39, 0.29) is 57.0 Å². The zero-order valence-corrected chi connectivity index (χ0v) is 35.8. The molecule has 4 unspecified atom stereocenters. The van der Waals surface area contributed by atoms with Crippen molar-refractivity contribution in [2.24, 2.45) is 16.7 Å². The minimum atomic E-state index is -1.16. The van der Waals surface area contributed by atoms with Gasteiger partial charge in [-0.25, -0.2) is 14.6 Å². The molecular weight excluding hydrogens is 761 g/mol. The number of urea groups is 1. The Hall–Kier alpha value is -5.86. The third-order valence-electron chi connectivity index (χ3n) is 10.7. The molecule has 60 heavy (non-hydrogen) atoms. The lowest BCUT2D eigenvalue weighted by molar-refractivity contribution is -0.133. The highest BCUT2D eigenvalue weighted by Gasteiger charge is 2.46. The van der Waals surface area contributed by atoms with E-state index in [1.54, 1.807) is 22.3 Å². The normalized spacial score (nSPS) is 15.8. The Morgan fingerprint density at radius 2 is 1.63 bits per heavy atom. The summed E-state index contributed by atoms with van der Waals surface area (Å²) in [6.45, 7) is 12.5. The number of methoxy groups -OCH3 is 1. The van der Waals surface area contributed by atoms with Crippen LogP contribution in [0.25, 0.3) is 11.3 Å². The van der Waals surface area contributed by atoms with Crippen LogP contribution in [0.3, 0.4) is 0 Å². The Bertz CT molecular complexity index is 2020. The molecule has 2 aromatic carbocycles. The number of benzene rings is 2. The fraction of sp³-hybridized carbons (Fsp3) is 0.435. The Labute approximate surface area is 353 Å². The van der Waals surface area contributed by atoms with Crippen LogP contribution in [0.2, 0.25) is 0 Å². The second kappa shape index (κ2) is 20.4. The van der Waals surface area contributed by atoms with E-state index in [1.165, 1.54) is 7.11 Å². The maximum Gasteiger partial charge on any atom is 0.406 e. The summed E-state index contributed by atoms with van der Waals surface area (Å²) in [5.41, 5.74) is 7.05. The van der Waals surface area contributed by atoms with Crippen molar-refractivity contribution < 1.29 is 29.0 Å². The molecule has 0 spiro atoms. The van der Waals surface area contributed by atoms with E-state index in [1.807, 2.05) is 126 Å². The van der Waals surface area contributed by atoms with E-state index >= 15 is 0 Å². The van der Waals surface area contributed by atoms with E-state index in [9.17, 15) is 24.3 Å². The number of nitrogens with zero attached hydrogens (tertiary/aromatic N) is 4. The zero-order chi connectivity index (χ0) is 43.5. The highest BCUT2D eigenvalue weighted by atomic mass is 16.5. The number of carbonyl (C=O) groups excluding carboxylic acids is 4. The number of aryl methyl sites for hydroxylation is 1. The number of nitrogens with one attached hydrogen (secondary N) is 4. The minimum Gasteiger partial charge on any atom is -0.453 e. The summed E-state index contributed by atoms with van der Waals surface area (Å²) < 4.78 is 4.71. The van der Waals surface area contributed by atoms with Gasteiger partial charge in [0.2, 0.25) is 11.8 Å². The Balaban J connectivity index is 1.40. The summed E-state index contributed by atoms with van der Waals surface area (Å²) in [5, 5.41) is 22.7. The van der Waals surface area contributed by atoms with Gasteiger partial charge in [0.15, 0.2) is 0 Å². The van der Waals surface area contributed by atoms with Crippen molar-refractivity contribution in [2.75, 3.05) is 26.7 Å². The first-order valence-corrected chi connectivity index (χ1v) is 20.4. The highest BCUT2D eigenvalue weighted by Crippen LogP contribution is 2.34. The average Bonchev–Trinajstić information content (AvgIpc) is 3.55. The van der Waals surface area contributed by atoms with Crippen LogP contribution < -0.4 is 21.4 Å². The number of aliphatic hydroxyl groups excluding tert-OH is 1. The van der Waals surface area contributed by atoms with E-state index in [0.29, 0.717) is 6.42 Å². The van der Waals surface area contributed by atoms with Crippen LogP contribution in [0.4, 0.5) is 9.59 Å². The topological polar surface area (TPSA) is 178 Å². The molecule has 5 amide bonds. The van der Waals surface area contributed by atoms with Gasteiger partial charge in [-0.1, -0.05) is 101 Å². The summed E-state index contributed by atoms with van der Waals surface area (Å²) in [5.74, 6) is -1.27. The molecule has 4 aromatic rings. The van der Waals surface area contributed by atoms with Crippen LogP contribution >= 0.6 is 0 Å². The van der Waals surface area contributed by atoms with Crippen LogP contribution in [0.15, 0.2) is 97.3 Å². The molecule has 1 aliphatic rings. The van der Waals surface area contributed by atoms with E-state index in [4.69, 9.17) is 4.74 Å². The van der Waals surface area contributed by atoms with Gasteiger partial charge in [0.25, 0.3) is 0 Å². The van der Waals surface area contributed by atoms with Crippen molar-refractivity contribution in [1.82, 2.24) is 41.3 Å². The van der Waals surface area contributed by atoms with Gasteiger partial charge >= 0.3 is 12.1 Å². The SMILES string of the molecule is COC(=O)NCC(C)(C)CC(=O)NN(Cc1ccc(-c2ccccn2)cc1)CC(O)C(Cc1ccccc1)NC(=O)C(C1CNC(=O)N1Cc1ccc(C)nc1)C(C)(C)C. The van der Waals surface area contributed by atoms with Crippen LogP contribution in [0.1, 0.15) is 63.4 Å². The van der Waals surface area contributed by atoms with E-state index in [0.717, 1.165) is 33.6 Å². The molecule has 4 atom stereocenters. The van der Waals surface area contributed by atoms with E-state index in [2.05, 4.69) is 31.3 Å². The van der Waals surface area contributed by atoms with Crippen LogP contribution in [0, 0.1) is 23.7 Å². The van der Waals surface area contributed by atoms with Gasteiger partial charge in [0.05, 0.1) is 36.9 Å². The number of alkyl carbamates (subject to hydrolysis) is 1. The highest BCUT2D eigenvalue weighted by molar-refractivity contribution is 5.84. The van der Waals surface area contributed by atoms with Gasteiger partial charge in [-0.05, 0) is 59.1 Å². The number of carbonyl (C=O) groups is 4. The molecule has 14 heteroatoms. The fourth-order valence-electron chi connectivity index (χ4n) is 7.53. The molecule has 1 saturated heterocycles. The minimum absolute atomic E-state index is 0.0391. The van der Waals surface area contributed by atoms with Crippen molar-refractivity contribution in [3.8, 4) is 11.3 Å². The molecule has 3 heterocycles. The third-order valence-corrected chi connectivity index (χ3v) is 10.7. The number of aromatic nitrogens is 2. The Morgan fingerprint density at radius 3 is 2.27 bits per heavy atom. The summed E-state index contributed by atoms with van der Waals surface area (Å²) in [6, 6.07) is 25.5. The van der Waals surface area contributed by atoms with Gasteiger partial charge in [-0.3, -0.25) is 25.0 Å². The number of hydrazine groups is 1. The molecule has 1 fully saturated rings. The number of rotatable bonds is 18. The van der Waals surface area contributed by atoms with Crippen molar-refractivity contribution in [3.05, 3.63) is 120 Å². The molecule has 5 rings (SSSR count). The first kappa shape index (κ1) is 45.2. The summed E-state index contributed by atoms with van der Waals surface area (Å²) in [4.78, 5) is 64.0. The van der Waals surface area contributed by atoms with Gasteiger partial charge in [-0.15, -0.1) is 0 Å². The smallest absolute Gasteiger partial charge is 0.406 e. The molecule has 2 aromatic heterocycles. The molecule has 0 aliphatic carbocycles. The average molecular weight is 821 g/mol. The summed E-state index contributed by atoms with van der Waals surface area (Å²) in [7, 11) is 1.28. The molecule has 14 nitrogen and oxygen atoms in total. The summed E-state index contributed by atoms with van der Waals surface area (Å²) >= 11 is 0. The Morgan fingerprint density at radius 1 is 0.933 bits per heavy atom. The lowest BCUT2D eigenvalue weighted by Crippen LogP contribution is -2.57. The van der Waals surface area contributed by atoms with Gasteiger partial charge in [0, 0.05) is 62.8 Å². The maximum absolute atomic E-state index is 14.7. The monoisotopic (exact) mass is 820 g/mol. The first-order chi connectivity index (χ1) is 28.5. The fourth-order valence-corrected chi connectivity index (χ4v) is 7.53. The van der Waals surface area contributed by atoms with E-state index < -0.39 is 41.0 Å². The molecule has 320 valence electrons. The number of aliphatic hydroxyl groups is 1. The van der Waals surface area contributed by atoms with Crippen molar-refractivity contribution in [1.29, 1.82) is 0 Å². The summed E-state index contributed by atoms with van der Waals surface area (Å²) in [6.07, 6.45) is 2.10. The number of ether oxygens (including phenoxy) is 1. The predicted octanol–water partition coefficient (Wildman–Crippen LogP) is 5.40. The second-order valence-electron chi connectivity index (χ2n) is 17.4. The number of hydrogen-bond donors (Lipinski definition) is 5. The van der Waals surface area contributed by atoms with Crippen LogP contribution in [-0.2, 0) is 33.8 Å². The quantitative estimate of drug-likeness (QED) is 0.0823. The molecule has 0 saturated carbocycles. The lowest BCUT2D eigenvalue weighted by atomic mass is 9.75. The van der Waals surface area contributed by atoms with Crippen LogP contribution in [-0.4, -0.2) is 93.9 Å². The van der Waals surface area contributed by atoms with Gasteiger partial charge in [0.1, 0.15) is 0 Å². The largest absolute Gasteiger partial charge is 0.453 e. The number of amides is 5. The predicted molar refractivity (Wildman–Crippen MR) is 230 cm³/mol. The standard InChI is InChI=1S/C46H60N8O6/c1-31-16-17-34(25-48-31)28-54-38(26-49-43(54)58)41(45(2,3)4)42(57)51-37(23-32-13-9-8-10-14-32)39(55)29-53(52-40(56)24-46(5,6)30-50-44(59)60-7)27-33-18-20-35(21-19-33)36-15-11-12-22-47-36/h8-22,25,37-39,41,55H,23-24,26-30H2,1-7H3,(H,49,58)(H,50,59)(H,51,57)(H,52,56). The second-order valence-corrected chi connectivity index (χ2v) is 17.4. The lowest BCUT2D eigenvalue weighted by Gasteiger charge is -2.39. The van der Waals surface area contributed by atoms with Crippen molar-refractivity contribution in [3.63, 3.8) is 0 Å². The molecule has 0 radical (unpaired) electrons. The van der Waals surface area contributed by atoms with Crippen LogP contribution in [0.5, 0.6) is 0 Å². The Kier molecular flexibility index (Phi) is 15.4.